The van der Waals surface area contributed by atoms with Gasteiger partial charge in [0.25, 0.3) is 0 Å². The molecule has 54 valence electrons. The van der Waals surface area contributed by atoms with Crippen LogP contribution in [0.3, 0.4) is 0 Å². The molecule has 0 saturated heterocycles. The van der Waals surface area contributed by atoms with E-state index in [1.165, 1.54) is 6.34 Å². The second-order valence-corrected chi connectivity index (χ2v) is 2.83. The van der Waals surface area contributed by atoms with Crippen LogP contribution in [0.15, 0.2) is 5.10 Å². The van der Waals surface area contributed by atoms with Crippen LogP contribution in [0.4, 0.5) is 0 Å². The fraction of sp³-hybridized carbons (Fsp3) is 0.800. The standard InChI is InChI=1S/C5H13N3S/c1-5(9-3)8(2)7-4-6/h4-5H,1-3H3,(H2,6,7). The lowest BCUT2D eigenvalue weighted by Gasteiger charge is -2.18. The fourth-order valence-corrected chi connectivity index (χ4v) is 0.711. The van der Waals surface area contributed by atoms with Gasteiger partial charge in [-0.25, -0.2) is 0 Å². The van der Waals surface area contributed by atoms with E-state index in [2.05, 4.69) is 12.0 Å². The van der Waals surface area contributed by atoms with Gasteiger partial charge in [-0.05, 0) is 13.2 Å². The van der Waals surface area contributed by atoms with Crippen LogP contribution in [0, 0.1) is 0 Å². The molecule has 0 bridgehead atoms. The van der Waals surface area contributed by atoms with Gasteiger partial charge < -0.3 is 5.73 Å². The lowest BCUT2D eigenvalue weighted by Crippen LogP contribution is -2.20. The topological polar surface area (TPSA) is 41.6 Å². The van der Waals surface area contributed by atoms with Crippen molar-refractivity contribution in [1.29, 1.82) is 0 Å². The van der Waals surface area contributed by atoms with Crippen LogP contribution in [0.1, 0.15) is 6.92 Å². The van der Waals surface area contributed by atoms with Crippen molar-refractivity contribution in [3.05, 3.63) is 0 Å². The van der Waals surface area contributed by atoms with Gasteiger partial charge in [0.15, 0.2) is 0 Å². The Hall–Kier alpha value is -0.380. The summed E-state index contributed by atoms with van der Waals surface area (Å²) in [6.45, 7) is 2.07. The first-order valence-electron chi connectivity index (χ1n) is 2.72. The van der Waals surface area contributed by atoms with Gasteiger partial charge in [-0.3, -0.25) is 5.01 Å². The van der Waals surface area contributed by atoms with E-state index in [1.54, 1.807) is 11.8 Å². The Balaban J connectivity index is 3.58. The molecule has 0 fully saturated rings. The van der Waals surface area contributed by atoms with E-state index >= 15 is 0 Å². The molecule has 0 aliphatic rings. The fourth-order valence-electron chi connectivity index (χ4n) is 0.352. The molecular formula is C5H13N3S. The Kier molecular flexibility index (Phi) is 4.30. The first-order valence-corrected chi connectivity index (χ1v) is 4.01. The zero-order chi connectivity index (χ0) is 7.28. The summed E-state index contributed by atoms with van der Waals surface area (Å²) >= 11 is 1.73. The molecule has 0 aromatic rings. The Labute approximate surface area is 60.3 Å². The Morgan fingerprint density at radius 1 is 1.78 bits per heavy atom. The lowest BCUT2D eigenvalue weighted by molar-refractivity contribution is 0.349. The van der Waals surface area contributed by atoms with E-state index in [0.29, 0.717) is 5.37 Å². The van der Waals surface area contributed by atoms with Gasteiger partial charge >= 0.3 is 0 Å². The van der Waals surface area contributed by atoms with Crippen molar-refractivity contribution in [2.75, 3.05) is 13.3 Å². The molecule has 0 saturated carbocycles. The minimum Gasteiger partial charge on any atom is -0.388 e. The second-order valence-electron chi connectivity index (χ2n) is 1.67. The van der Waals surface area contributed by atoms with Gasteiger partial charge in [-0.15, -0.1) is 11.8 Å². The monoisotopic (exact) mass is 147 g/mol. The van der Waals surface area contributed by atoms with Gasteiger partial charge in [0.2, 0.25) is 0 Å². The molecule has 3 nitrogen and oxygen atoms in total. The highest BCUT2D eigenvalue weighted by atomic mass is 32.2. The SMILES string of the molecule is CSC(C)N(C)/N=C\N. The molecule has 1 unspecified atom stereocenters. The number of hydrazone groups is 1. The minimum absolute atomic E-state index is 0.393. The van der Waals surface area contributed by atoms with E-state index in [4.69, 9.17) is 5.73 Å². The molecule has 4 heteroatoms. The third-order valence-corrected chi connectivity index (χ3v) is 2.10. The molecule has 0 rings (SSSR count). The van der Waals surface area contributed by atoms with Crippen LogP contribution in [0.2, 0.25) is 0 Å². The minimum atomic E-state index is 0.393. The molecule has 2 N–H and O–H groups in total. The summed E-state index contributed by atoms with van der Waals surface area (Å²) in [6, 6.07) is 0. The summed E-state index contributed by atoms with van der Waals surface area (Å²) in [4.78, 5) is 0. The molecule has 9 heavy (non-hydrogen) atoms. The van der Waals surface area contributed by atoms with Crippen LogP contribution in [-0.2, 0) is 0 Å². The van der Waals surface area contributed by atoms with Crippen molar-refractivity contribution in [2.45, 2.75) is 12.3 Å². The third-order valence-electron chi connectivity index (χ3n) is 1.12. The van der Waals surface area contributed by atoms with Crippen molar-refractivity contribution in [1.82, 2.24) is 5.01 Å². The second kappa shape index (κ2) is 4.49. The lowest BCUT2D eigenvalue weighted by atomic mass is 10.7. The van der Waals surface area contributed by atoms with Crippen molar-refractivity contribution < 1.29 is 0 Å². The normalized spacial score (nSPS) is 14.1. The van der Waals surface area contributed by atoms with Crippen LogP contribution < -0.4 is 5.73 Å². The average Bonchev–Trinajstić information content (AvgIpc) is 1.87. The summed E-state index contributed by atoms with van der Waals surface area (Å²) in [6.07, 6.45) is 3.33. The molecule has 1 atom stereocenters. The molecule has 0 aliphatic heterocycles. The van der Waals surface area contributed by atoms with E-state index < -0.39 is 0 Å². The first-order chi connectivity index (χ1) is 4.22. The summed E-state index contributed by atoms with van der Waals surface area (Å²) in [7, 11) is 1.89. The zero-order valence-electron chi connectivity index (χ0n) is 6.03. The van der Waals surface area contributed by atoms with Crippen molar-refractivity contribution in [3.8, 4) is 0 Å². The average molecular weight is 147 g/mol. The van der Waals surface area contributed by atoms with Crippen LogP contribution in [-0.4, -0.2) is 30.0 Å². The third kappa shape index (κ3) is 3.24. The van der Waals surface area contributed by atoms with E-state index in [1.807, 2.05) is 18.3 Å². The molecule has 0 aliphatic carbocycles. The van der Waals surface area contributed by atoms with Gasteiger partial charge in [0, 0.05) is 7.05 Å². The Morgan fingerprint density at radius 2 is 2.33 bits per heavy atom. The molecule has 0 aromatic carbocycles. The maximum atomic E-state index is 5.08. The zero-order valence-corrected chi connectivity index (χ0v) is 6.85. The molecule has 0 amide bonds. The first kappa shape index (κ1) is 8.62. The van der Waals surface area contributed by atoms with Crippen molar-refractivity contribution in [3.63, 3.8) is 0 Å². The molecule has 0 spiro atoms. The molecular weight excluding hydrogens is 134 g/mol. The van der Waals surface area contributed by atoms with Gasteiger partial charge in [-0.1, -0.05) is 0 Å². The Bertz CT molecular complexity index is 94.2. The predicted molar refractivity (Wildman–Crippen MR) is 43.4 cm³/mol. The Morgan fingerprint density at radius 3 is 2.67 bits per heavy atom. The molecule has 0 heterocycles. The largest absolute Gasteiger partial charge is 0.388 e. The van der Waals surface area contributed by atoms with E-state index in [-0.39, 0.29) is 0 Å². The van der Waals surface area contributed by atoms with Gasteiger partial charge in [0.1, 0.15) is 6.34 Å². The van der Waals surface area contributed by atoms with Crippen LogP contribution in [0.25, 0.3) is 0 Å². The highest BCUT2D eigenvalue weighted by Crippen LogP contribution is 2.08. The number of hydrogen-bond donors (Lipinski definition) is 1. The smallest absolute Gasteiger partial charge is 0.106 e. The predicted octanol–water partition coefficient (Wildman–Crippen LogP) is 0.529. The highest BCUT2D eigenvalue weighted by molar-refractivity contribution is 7.99. The maximum Gasteiger partial charge on any atom is 0.106 e. The highest BCUT2D eigenvalue weighted by Gasteiger charge is 2.00. The summed E-state index contributed by atoms with van der Waals surface area (Å²) in [5.41, 5.74) is 5.08. The van der Waals surface area contributed by atoms with Crippen molar-refractivity contribution in [2.24, 2.45) is 10.8 Å². The van der Waals surface area contributed by atoms with E-state index in [0.717, 1.165) is 0 Å². The van der Waals surface area contributed by atoms with Crippen LogP contribution in [0.5, 0.6) is 0 Å². The molecule has 0 aromatic heterocycles. The quantitative estimate of drug-likeness (QED) is 0.274. The number of nitrogens with zero attached hydrogens (tertiary/aromatic N) is 2. The van der Waals surface area contributed by atoms with E-state index in [9.17, 15) is 0 Å². The van der Waals surface area contributed by atoms with Crippen LogP contribution >= 0.6 is 11.8 Å². The molecule has 0 radical (unpaired) electrons. The van der Waals surface area contributed by atoms with Gasteiger partial charge in [-0.2, -0.15) is 5.10 Å². The van der Waals surface area contributed by atoms with Crippen molar-refractivity contribution >= 4 is 18.1 Å². The number of nitrogens with two attached hydrogens (primary N) is 1. The van der Waals surface area contributed by atoms with Gasteiger partial charge in [0.05, 0.1) is 5.37 Å². The summed E-state index contributed by atoms with van der Waals surface area (Å²) in [5, 5.41) is 6.06. The summed E-state index contributed by atoms with van der Waals surface area (Å²) < 4.78 is 0. The number of hydrogen-bond acceptors (Lipinski definition) is 3. The maximum absolute atomic E-state index is 5.08. The number of rotatable bonds is 3. The summed E-state index contributed by atoms with van der Waals surface area (Å²) in [5.74, 6) is 0. The number of thioether (sulfide) groups is 1.